The Morgan fingerprint density at radius 1 is 1.27 bits per heavy atom. The molecule has 0 radical (unpaired) electrons. The Hall–Kier alpha value is -0.123. The van der Waals surface area contributed by atoms with Crippen molar-refractivity contribution < 1.29 is 9.53 Å². The predicted octanol–water partition coefficient (Wildman–Crippen LogP) is 3.34. The van der Waals surface area contributed by atoms with Gasteiger partial charge in [0.2, 0.25) is 0 Å². The van der Waals surface area contributed by atoms with Gasteiger partial charge in [0.1, 0.15) is 0 Å². The van der Waals surface area contributed by atoms with Crippen molar-refractivity contribution in [3.63, 3.8) is 0 Å². The Balaban J connectivity index is 4.16. The third-order valence-corrected chi connectivity index (χ3v) is 7.65. The van der Waals surface area contributed by atoms with Gasteiger partial charge in [0.15, 0.2) is 8.32 Å². The van der Waals surface area contributed by atoms with E-state index in [4.69, 9.17) is 9.53 Å². The van der Waals surface area contributed by atoms with Gasteiger partial charge in [0.05, 0.1) is 6.61 Å². The maximum Gasteiger partial charge on any atom is 0.192 e. The van der Waals surface area contributed by atoms with E-state index in [9.17, 15) is 0 Å². The van der Waals surface area contributed by atoms with Crippen LogP contribution in [0.4, 0.5) is 0 Å². The van der Waals surface area contributed by atoms with Crippen LogP contribution in [-0.4, -0.2) is 26.1 Å². The molecule has 0 saturated heterocycles. The molecule has 0 aromatic rings. The number of rotatable bonds is 5. The molecule has 15 heavy (non-hydrogen) atoms. The van der Waals surface area contributed by atoms with Crippen molar-refractivity contribution in [2.24, 2.45) is 0 Å². The smallest absolute Gasteiger partial charge is 0.192 e. The zero-order chi connectivity index (χ0) is 12.1. The van der Waals surface area contributed by atoms with Crippen molar-refractivity contribution in [2.45, 2.75) is 58.4 Å². The van der Waals surface area contributed by atoms with Crippen molar-refractivity contribution in [3.05, 3.63) is 12.2 Å². The number of hydrogen-bond donors (Lipinski definition) is 1. The minimum absolute atomic E-state index is 0.118. The molecule has 3 heteroatoms. The van der Waals surface area contributed by atoms with Crippen LogP contribution in [0.3, 0.4) is 0 Å². The molecule has 90 valence electrons. The molecular formula is C12H26O2Si. The van der Waals surface area contributed by atoms with Crippen LogP contribution in [0.15, 0.2) is 12.2 Å². The van der Waals surface area contributed by atoms with E-state index in [2.05, 4.69) is 40.8 Å². The molecule has 0 rings (SSSR count). The summed E-state index contributed by atoms with van der Waals surface area (Å²) in [6.45, 7) is 13.5. The van der Waals surface area contributed by atoms with Crippen LogP contribution in [0.5, 0.6) is 0 Å². The SMILES string of the molecule is CC(C/C=C/CO)O[Si](C)(C)C(C)(C)C. The summed E-state index contributed by atoms with van der Waals surface area (Å²) in [6.07, 6.45) is 4.88. The largest absolute Gasteiger partial charge is 0.414 e. The molecule has 0 aliphatic carbocycles. The van der Waals surface area contributed by atoms with Crippen LogP contribution in [-0.2, 0) is 4.43 Å². The maximum atomic E-state index is 8.62. The Morgan fingerprint density at radius 2 is 1.80 bits per heavy atom. The first-order valence-corrected chi connectivity index (χ1v) is 8.55. The minimum atomic E-state index is -1.62. The van der Waals surface area contributed by atoms with E-state index in [1.165, 1.54) is 0 Å². The quantitative estimate of drug-likeness (QED) is 0.580. The molecule has 1 atom stereocenters. The topological polar surface area (TPSA) is 29.5 Å². The van der Waals surface area contributed by atoms with Crippen molar-refractivity contribution >= 4 is 8.32 Å². The Kier molecular flexibility index (Phi) is 5.78. The summed E-state index contributed by atoms with van der Waals surface area (Å²) in [5, 5.41) is 8.89. The highest BCUT2D eigenvalue weighted by molar-refractivity contribution is 6.74. The van der Waals surface area contributed by atoms with Gasteiger partial charge in [-0.2, -0.15) is 0 Å². The van der Waals surface area contributed by atoms with E-state index >= 15 is 0 Å². The highest BCUT2D eigenvalue weighted by atomic mass is 28.4. The molecule has 0 heterocycles. The van der Waals surface area contributed by atoms with Gasteiger partial charge < -0.3 is 9.53 Å². The molecule has 1 N–H and O–H groups in total. The molecule has 0 fully saturated rings. The van der Waals surface area contributed by atoms with Gasteiger partial charge in [0.25, 0.3) is 0 Å². The van der Waals surface area contributed by atoms with E-state index in [0.717, 1.165) is 6.42 Å². The summed E-state index contributed by atoms with van der Waals surface area (Å²) in [5.41, 5.74) is 0. The summed E-state index contributed by atoms with van der Waals surface area (Å²) < 4.78 is 6.15. The van der Waals surface area contributed by atoms with E-state index in [1.807, 2.05) is 6.08 Å². The van der Waals surface area contributed by atoms with Crippen LogP contribution in [0.2, 0.25) is 18.1 Å². The summed E-state index contributed by atoms with van der Waals surface area (Å²) >= 11 is 0. The fourth-order valence-electron chi connectivity index (χ4n) is 1.09. The molecule has 0 bridgehead atoms. The van der Waals surface area contributed by atoms with Gasteiger partial charge in [-0.25, -0.2) is 0 Å². The lowest BCUT2D eigenvalue weighted by atomic mass is 10.2. The molecule has 0 amide bonds. The van der Waals surface area contributed by atoms with Crippen molar-refractivity contribution in [1.82, 2.24) is 0 Å². The predicted molar refractivity (Wildman–Crippen MR) is 68.6 cm³/mol. The Morgan fingerprint density at radius 3 is 2.20 bits per heavy atom. The van der Waals surface area contributed by atoms with Gasteiger partial charge in [0, 0.05) is 6.10 Å². The maximum absolute atomic E-state index is 8.62. The van der Waals surface area contributed by atoms with Crippen molar-refractivity contribution in [3.8, 4) is 0 Å². The zero-order valence-electron chi connectivity index (χ0n) is 11.0. The third kappa shape index (κ3) is 5.49. The first kappa shape index (κ1) is 14.9. The van der Waals surface area contributed by atoms with E-state index < -0.39 is 8.32 Å². The second-order valence-electron chi connectivity index (χ2n) is 5.58. The molecule has 1 unspecified atom stereocenters. The van der Waals surface area contributed by atoms with E-state index in [1.54, 1.807) is 6.08 Å². The summed E-state index contributed by atoms with van der Waals surface area (Å²) in [7, 11) is -1.62. The van der Waals surface area contributed by atoms with Gasteiger partial charge >= 0.3 is 0 Å². The molecule has 0 saturated carbocycles. The average Bonchev–Trinajstić information content (AvgIpc) is 2.01. The van der Waals surface area contributed by atoms with Gasteiger partial charge in [-0.3, -0.25) is 0 Å². The molecule has 0 aromatic carbocycles. The first-order valence-electron chi connectivity index (χ1n) is 5.64. The number of hydrogen-bond acceptors (Lipinski definition) is 2. The summed E-state index contributed by atoms with van der Waals surface area (Å²) in [4.78, 5) is 0. The van der Waals surface area contributed by atoms with Gasteiger partial charge in [-0.05, 0) is 31.5 Å². The van der Waals surface area contributed by atoms with E-state index in [-0.39, 0.29) is 17.7 Å². The highest BCUT2D eigenvalue weighted by Gasteiger charge is 2.38. The Labute approximate surface area is 95.5 Å². The van der Waals surface area contributed by atoms with Crippen LogP contribution < -0.4 is 0 Å². The zero-order valence-corrected chi connectivity index (χ0v) is 12.0. The fraction of sp³-hybridized carbons (Fsp3) is 0.833. The van der Waals surface area contributed by atoms with Crippen molar-refractivity contribution in [2.75, 3.05) is 6.61 Å². The highest BCUT2D eigenvalue weighted by Crippen LogP contribution is 2.37. The van der Waals surface area contributed by atoms with Gasteiger partial charge in [-0.15, -0.1) is 0 Å². The molecule has 0 aliphatic rings. The third-order valence-electron chi connectivity index (χ3n) is 3.04. The van der Waals surface area contributed by atoms with Crippen LogP contribution >= 0.6 is 0 Å². The molecule has 0 spiro atoms. The van der Waals surface area contributed by atoms with Crippen LogP contribution in [0, 0.1) is 0 Å². The lowest BCUT2D eigenvalue weighted by Crippen LogP contribution is -2.43. The average molecular weight is 230 g/mol. The van der Waals surface area contributed by atoms with E-state index in [0.29, 0.717) is 0 Å². The lowest BCUT2D eigenvalue weighted by Gasteiger charge is -2.38. The molecule has 2 nitrogen and oxygen atoms in total. The first-order chi connectivity index (χ1) is 6.70. The standard InChI is InChI=1S/C12H26O2Si/c1-11(9-7-8-10-13)14-15(5,6)12(2,3)4/h7-8,11,13H,9-10H2,1-6H3/b8-7+. The molecule has 0 aliphatic heterocycles. The fourth-order valence-corrected chi connectivity index (χ4v) is 2.55. The molecular weight excluding hydrogens is 204 g/mol. The molecule has 0 aromatic heterocycles. The normalized spacial score (nSPS) is 15.9. The summed E-state index contributed by atoms with van der Waals surface area (Å²) in [5.74, 6) is 0. The minimum Gasteiger partial charge on any atom is -0.414 e. The number of aliphatic hydroxyl groups is 1. The van der Waals surface area contributed by atoms with Crippen molar-refractivity contribution in [1.29, 1.82) is 0 Å². The van der Waals surface area contributed by atoms with Crippen LogP contribution in [0.25, 0.3) is 0 Å². The number of aliphatic hydroxyl groups excluding tert-OH is 1. The monoisotopic (exact) mass is 230 g/mol. The second kappa shape index (κ2) is 5.82. The second-order valence-corrected chi connectivity index (χ2v) is 10.3. The summed E-state index contributed by atoms with van der Waals surface area (Å²) in [6, 6.07) is 0. The lowest BCUT2D eigenvalue weighted by molar-refractivity contribution is 0.202. The van der Waals surface area contributed by atoms with Crippen LogP contribution in [0.1, 0.15) is 34.1 Å². The Bertz CT molecular complexity index is 204. The van der Waals surface area contributed by atoms with Gasteiger partial charge in [-0.1, -0.05) is 32.9 Å².